The first kappa shape index (κ1) is 52.4. The summed E-state index contributed by atoms with van der Waals surface area (Å²) in [7, 11) is 3.89. The van der Waals surface area contributed by atoms with Crippen LogP contribution in [0.25, 0.3) is 10.9 Å². The largest absolute Gasteiger partial charge is 0.416 e. The Morgan fingerprint density at radius 3 is 2.34 bits per heavy atom. The van der Waals surface area contributed by atoms with Crippen LogP contribution in [0, 0.1) is 11.8 Å². The van der Waals surface area contributed by atoms with E-state index in [1.54, 1.807) is 24.3 Å². The lowest BCUT2D eigenvalue weighted by Gasteiger charge is -2.45. The summed E-state index contributed by atoms with van der Waals surface area (Å²) in [6, 6.07) is 6.88. The fourth-order valence-corrected chi connectivity index (χ4v) is 12.1. The molecule has 388 valence electrons. The van der Waals surface area contributed by atoms with Gasteiger partial charge in [-0.3, -0.25) is 29.1 Å². The van der Waals surface area contributed by atoms with Gasteiger partial charge in [0.25, 0.3) is 0 Å². The Kier molecular flexibility index (Phi) is 17.5. The van der Waals surface area contributed by atoms with Crippen LogP contribution in [0.1, 0.15) is 127 Å². The van der Waals surface area contributed by atoms with Gasteiger partial charge in [0, 0.05) is 94.6 Å². The van der Waals surface area contributed by atoms with Crippen molar-refractivity contribution in [3.63, 3.8) is 0 Å². The molecule has 2 aromatic heterocycles. The van der Waals surface area contributed by atoms with Crippen LogP contribution in [0.5, 0.6) is 0 Å². The summed E-state index contributed by atoms with van der Waals surface area (Å²) < 4.78 is 40.9. The third kappa shape index (κ3) is 12.8. The van der Waals surface area contributed by atoms with Crippen LogP contribution in [-0.2, 0) is 25.4 Å². The fraction of sp³-hybridized carbons (Fsp3) is 0.679. The molecule has 71 heavy (non-hydrogen) atoms. The van der Waals surface area contributed by atoms with Crippen molar-refractivity contribution < 1.29 is 32.3 Å². The Labute approximate surface area is 417 Å². The zero-order valence-electron chi connectivity index (χ0n) is 42.2. The molecule has 0 bridgehead atoms. The molecule has 3 N–H and O–H groups in total. The van der Waals surface area contributed by atoms with E-state index in [0.29, 0.717) is 37.1 Å². The van der Waals surface area contributed by atoms with Crippen molar-refractivity contribution in [1.82, 2.24) is 50.1 Å². The summed E-state index contributed by atoms with van der Waals surface area (Å²) in [6.45, 7) is 10.8. The van der Waals surface area contributed by atoms with Crippen molar-refractivity contribution in [3.05, 3.63) is 60.2 Å². The van der Waals surface area contributed by atoms with Crippen LogP contribution >= 0.6 is 0 Å². The minimum atomic E-state index is -4.53. The third-order valence-corrected chi connectivity index (χ3v) is 16.6. The summed E-state index contributed by atoms with van der Waals surface area (Å²) in [5.41, 5.74) is 0.452. The molecule has 6 atom stereocenters. The van der Waals surface area contributed by atoms with Crippen LogP contribution in [-0.4, -0.2) is 159 Å². The van der Waals surface area contributed by atoms with Crippen molar-refractivity contribution in [2.24, 2.45) is 11.8 Å². The lowest BCUT2D eigenvalue weighted by Crippen LogP contribution is -2.59. The van der Waals surface area contributed by atoms with E-state index in [1.165, 1.54) is 31.7 Å². The molecule has 8 rings (SSSR count). The molecule has 5 fully saturated rings. The molecule has 5 aliphatic rings. The van der Waals surface area contributed by atoms with Gasteiger partial charge in [0.05, 0.1) is 35.1 Å². The Bertz CT molecular complexity index is 2270. The van der Waals surface area contributed by atoms with Crippen LogP contribution in [0.4, 0.5) is 19.0 Å². The highest BCUT2D eigenvalue weighted by Crippen LogP contribution is 2.38. The van der Waals surface area contributed by atoms with Crippen LogP contribution < -0.4 is 16.0 Å². The van der Waals surface area contributed by atoms with Crippen molar-refractivity contribution in [2.45, 2.75) is 159 Å². The highest BCUT2D eigenvalue weighted by atomic mass is 19.4. The number of benzene rings is 1. The van der Waals surface area contributed by atoms with Gasteiger partial charge in [-0.25, -0.2) is 9.97 Å². The van der Waals surface area contributed by atoms with E-state index >= 15 is 0 Å². The zero-order valence-corrected chi connectivity index (χ0v) is 42.2. The SMILES string of the molecule is CC(C)N(C)[C@@H]1CC[C@H](N2CC[C@H](Nc3ncnc4ccc(C(F)(F)F)cc34)C2=O)[C@H](NC(=O)[C@H]2CC[C@H](N3CCN(CCCCCCCCNC(=O)[C@H]4CC(=O)N(C)[C@@H]4c4cccnc4)CC3)CC2)C1. The van der Waals surface area contributed by atoms with Gasteiger partial charge in [0.15, 0.2) is 0 Å². The quantitative estimate of drug-likeness (QED) is 0.110. The first-order valence-electron chi connectivity index (χ1n) is 26.5. The van der Waals surface area contributed by atoms with E-state index in [-0.39, 0.29) is 71.3 Å². The van der Waals surface area contributed by atoms with Gasteiger partial charge in [-0.2, -0.15) is 13.2 Å². The Morgan fingerprint density at radius 1 is 0.873 bits per heavy atom. The minimum absolute atomic E-state index is 0.0134. The number of nitrogens with zero attached hydrogens (tertiary/aromatic N) is 8. The standard InChI is InChI=1S/C53H76F3N11O4/c1-35(2)63(3)40-18-20-46(67-25-21-44(52(67)71)61-49-41-30-38(53(54,55)56)15-19-43(41)59-34-60-49)45(31-40)62-50(69)36-13-16-39(17-14-36)66-28-26-65(27-29-66)24-10-8-6-5-7-9-23-58-51(70)42-32-47(68)64(4)48(42)37-12-11-22-57-33-37/h11-12,15,19,22,30,33-36,39-40,42,44-46,48H,5-10,13-14,16-18,20-21,23-29,31-32H2,1-4H3,(H,58,70)(H,62,69)(H,59,60,61)/t36-,39-,40-,42+,44+,45-,46+,48-/m1/s1. The molecular formula is C53H76F3N11O4. The molecule has 18 heteroatoms. The van der Waals surface area contributed by atoms with E-state index in [2.05, 4.69) is 66.5 Å². The molecule has 15 nitrogen and oxygen atoms in total. The van der Waals surface area contributed by atoms with Crippen LogP contribution in [0.2, 0.25) is 0 Å². The monoisotopic (exact) mass is 988 g/mol. The van der Waals surface area contributed by atoms with Crippen LogP contribution in [0.15, 0.2) is 49.1 Å². The molecule has 3 aliphatic heterocycles. The molecule has 0 spiro atoms. The number of halogens is 3. The fourth-order valence-electron chi connectivity index (χ4n) is 12.1. The maximum Gasteiger partial charge on any atom is 0.416 e. The molecule has 5 heterocycles. The maximum atomic E-state index is 14.1. The molecule has 3 saturated heterocycles. The number of carbonyl (C=O) groups is 4. The van der Waals surface area contributed by atoms with E-state index in [0.717, 1.165) is 115 Å². The van der Waals surface area contributed by atoms with Gasteiger partial charge in [0.2, 0.25) is 23.6 Å². The van der Waals surface area contributed by atoms with E-state index in [9.17, 15) is 32.3 Å². The normalized spacial score (nSPS) is 27.0. The number of anilines is 1. The summed E-state index contributed by atoms with van der Waals surface area (Å²) in [5.74, 6) is -0.371. The maximum absolute atomic E-state index is 14.1. The van der Waals surface area contributed by atoms with Crippen LogP contribution in [0.3, 0.4) is 0 Å². The van der Waals surface area contributed by atoms with E-state index in [1.807, 2.05) is 17.0 Å². The second-order valence-corrected chi connectivity index (χ2v) is 21.2. The summed E-state index contributed by atoms with van der Waals surface area (Å²) in [4.78, 5) is 77.6. The smallest absolute Gasteiger partial charge is 0.358 e. The van der Waals surface area contributed by atoms with Gasteiger partial charge in [0.1, 0.15) is 18.2 Å². The number of aromatic nitrogens is 3. The number of alkyl halides is 3. The van der Waals surface area contributed by atoms with Gasteiger partial charge in [-0.05, 0) is 121 Å². The third-order valence-electron chi connectivity index (χ3n) is 16.6. The number of fused-ring (bicyclic) bond motifs is 1. The minimum Gasteiger partial charge on any atom is -0.358 e. The number of amides is 4. The zero-order chi connectivity index (χ0) is 50.2. The number of hydrogen-bond donors (Lipinski definition) is 3. The first-order valence-corrected chi connectivity index (χ1v) is 26.5. The Morgan fingerprint density at radius 2 is 1.62 bits per heavy atom. The molecular weight excluding hydrogens is 912 g/mol. The van der Waals surface area contributed by atoms with Crippen molar-refractivity contribution in [2.75, 3.05) is 65.2 Å². The van der Waals surface area contributed by atoms with Crippen molar-refractivity contribution >= 4 is 40.3 Å². The highest BCUT2D eigenvalue weighted by molar-refractivity contribution is 5.93. The second-order valence-electron chi connectivity index (χ2n) is 21.2. The average Bonchev–Trinajstić information content (AvgIpc) is 3.89. The number of nitrogens with one attached hydrogen (secondary N) is 3. The van der Waals surface area contributed by atoms with Crippen molar-refractivity contribution in [1.29, 1.82) is 0 Å². The molecule has 2 aliphatic carbocycles. The summed E-state index contributed by atoms with van der Waals surface area (Å²) in [6.07, 6.45) is 13.7. The molecule has 1 aromatic carbocycles. The summed E-state index contributed by atoms with van der Waals surface area (Å²) in [5, 5.41) is 9.95. The Balaban J connectivity index is 0.733. The second kappa shape index (κ2) is 23.7. The van der Waals surface area contributed by atoms with Gasteiger partial charge >= 0.3 is 6.18 Å². The first-order chi connectivity index (χ1) is 34.2. The topological polar surface area (TPSA) is 159 Å². The number of unbranched alkanes of at least 4 members (excludes halogenated alkanes) is 5. The predicted octanol–water partition coefficient (Wildman–Crippen LogP) is 6.66. The number of carbonyl (C=O) groups excluding carboxylic acids is 4. The molecule has 2 saturated carbocycles. The van der Waals surface area contributed by atoms with Crippen molar-refractivity contribution in [3.8, 4) is 0 Å². The van der Waals surface area contributed by atoms with Gasteiger partial charge in [-0.1, -0.05) is 31.7 Å². The number of rotatable bonds is 19. The molecule has 3 aromatic rings. The predicted molar refractivity (Wildman–Crippen MR) is 267 cm³/mol. The van der Waals surface area contributed by atoms with E-state index < -0.39 is 23.7 Å². The summed E-state index contributed by atoms with van der Waals surface area (Å²) >= 11 is 0. The Hall–Kier alpha value is -4.94. The lowest BCUT2D eigenvalue weighted by atomic mass is 9.82. The number of piperazine rings is 1. The lowest BCUT2D eigenvalue weighted by molar-refractivity contribution is -0.137. The van der Waals surface area contributed by atoms with Gasteiger partial charge in [-0.15, -0.1) is 0 Å². The molecule has 0 unspecified atom stereocenters. The number of hydrogen-bond acceptors (Lipinski definition) is 11. The highest BCUT2D eigenvalue weighted by Gasteiger charge is 2.45. The molecule has 4 amide bonds. The number of pyridine rings is 1. The molecule has 0 radical (unpaired) electrons. The van der Waals surface area contributed by atoms with Gasteiger partial charge < -0.3 is 35.6 Å². The number of likely N-dealkylation sites (tertiary alicyclic amines) is 2. The average molecular weight is 988 g/mol. The van der Waals surface area contributed by atoms with E-state index in [4.69, 9.17) is 0 Å².